The molecule has 0 radical (unpaired) electrons. The lowest BCUT2D eigenvalue weighted by Crippen LogP contribution is -2.39. The standard InChI is InChI=1S/C12H24N2O/c1-4-11(2,3)10(15)14-9-12(5-6-12)7-8-13/h4-9,13H2,1-3H3,(H,14,15). The second-order valence-electron chi connectivity index (χ2n) is 5.46. The van der Waals surface area contributed by atoms with Crippen LogP contribution in [-0.2, 0) is 4.79 Å². The van der Waals surface area contributed by atoms with Crippen molar-refractivity contribution in [2.24, 2.45) is 16.6 Å². The van der Waals surface area contributed by atoms with Crippen LogP contribution in [0.3, 0.4) is 0 Å². The van der Waals surface area contributed by atoms with Crippen LogP contribution < -0.4 is 11.1 Å². The molecule has 1 rings (SSSR count). The van der Waals surface area contributed by atoms with Crippen LogP contribution in [0.1, 0.15) is 46.5 Å². The molecule has 1 saturated carbocycles. The Morgan fingerprint density at radius 3 is 2.47 bits per heavy atom. The lowest BCUT2D eigenvalue weighted by Gasteiger charge is -2.23. The van der Waals surface area contributed by atoms with E-state index in [2.05, 4.69) is 5.32 Å². The fraction of sp³-hybridized carbons (Fsp3) is 0.917. The molecule has 0 aromatic rings. The zero-order chi connectivity index (χ0) is 11.5. The molecule has 0 aromatic carbocycles. The highest BCUT2D eigenvalue weighted by Crippen LogP contribution is 2.47. The third-order valence-corrected chi connectivity index (χ3v) is 3.75. The van der Waals surface area contributed by atoms with Crippen LogP contribution in [0.2, 0.25) is 0 Å². The third-order valence-electron chi connectivity index (χ3n) is 3.75. The summed E-state index contributed by atoms with van der Waals surface area (Å²) in [6.07, 6.45) is 4.36. The van der Waals surface area contributed by atoms with Gasteiger partial charge in [0.2, 0.25) is 5.91 Å². The lowest BCUT2D eigenvalue weighted by molar-refractivity contribution is -0.129. The Morgan fingerprint density at radius 1 is 1.47 bits per heavy atom. The number of carbonyl (C=O) groups excluding carboxylic acids is 1. The zero-order valence-corrected chi connectivity index (χ0v) is 10.2. The minimum atomic E-state index is -0.237. The maximum absolute atomic E-state index is 11.8. The molecule has 3 heteroatoms. The summed E-state index contributed by atoms with van der Waals surface area (Å²) in [5, 5.41) is 3.07. The first-order valence-electron chi connectivity index (χ1n) is 5.94. The number of nitrogens with one attached hydrogen (secondary N) is 1. The second kappa shape index (κ2) is 4.52. The maximum Gasteiger partial charge on any atom is 0.225 e. The van der Waals surface area contributed by atoms with Crippen molar-refractivity contribution in [2.75, 3.05) is 13.1 Å². The van der Waals surface area contributed by atoms with Crippen LogP contribution in [0.4, 0.5) is 0 Å². The topological polar surface area (TPSA) is 55.1 Å². The number of hydrogen-bond donors (Lipinski definition) is 2. The number of nitrogens with two attached hydrogens (primary N) is 1. The van der Waals surface area contributed by atoms with E-state index >= 15 is 0 Å². The van der Waals surface area contributed by atoms with E-state index in [4.69, 9.17) is 5.73 Å². The fourth-order valence-electron chi connectivity index (χ4n) is 1.67. The Hall–Kier alpha value is -0.570. The normalized spacial score (nSPS) is 18.7. The summed E-state index contributed by atoms with van der Waals surface area (Å²) in [7, 11) is 0. The van der Waals surface area contributed by atoms with Crippen molar-refractivity contribution in [3.05, 3.63) is 0 Å². The summed E-state index contributed by atoms with van der Waals surface area (Å²) >= 11 is 0. The van der Waals surface area contributed by atoms with E-state index in [1.54, 1.807) is 0 Å². The Morgan fingerprint density at radius 2 is 2.07 bits per heavy atom. The van der Waals surface area contributed by atoms with E-state index in [1.165, 1.54) is 12.8 Å². The number of carbonyl (C=O) groups is 1. The predicted molar refractivity (Wildman–Crippen MR) is 62.4 cm³/mol. The van der Waals surface area contributed by atoms with Gasteiger partial charge < -0.3 is 11.1 Å². The molecular weight excluding hydrogens is 188 g/mol. The molecule has 0 unspecified atom stereocenters. The number of amides is 1. The van der Waals surface area contributed by atoms with Crippen molar-refractivity contribution < 1.29 is 4.79 Å². The van der Waals surface area contributed by atoms with Gasteiger partial charge in [-0.15, -0.1) is 0 Å². The SMILES string of the molecule is CCC(C)(C)C(=O)NCC1(CCN)CC1. The van der Waals surface area contributed by atoms with E-state index in [0.29, 0.717) is 5.41 Å². The van der Waals surface area contributed by atoms with Crippen molar-refractivity contribution in [2.45, 2.75) is 46.5 Å². The van der Waals surface area contributed by atoms with E-state index in [-0.39, 0.29) is 11.3 Å². The van der Waals surface area contributed by atoms with Crippen molar-refractivity contribution >= 4 is 5.91 Å². The molecule has 88 valence electrons. The monoisotopic (exact) mass is 212 g/mol. The summed E-state index contributed by atoms with van der Waals surface area (Å²) in [4.78, 5) is 11.8. The van der Waals surface area contributed by atoms with Gasteiger partial charge in [-0.05, 0) is 37.6 Å². The maximum atomic E-state index is 11.8. The second-order valence-corrected chi connectivity index (χ2v) is 5.46. The minimum absolute atomic E-state index is 0.174. The highest BCUT2D eigenvalue weighted by atomic mass is 16.2. The highest BCUT2D eigenvalue weighted by molar-refractivity contribution is 5.81. The average molecular weight is 212 g/mol. The smallest absolute Gasteiger partial charge is 0.225 e. The summed E-state index contributed by atoms with van der Waals surface area (Å²) in [5.74, 6) is 0.174. The molecule has 1 aliphatic rings. The molecular formula is C12H24N2O. The molecule has 0 heterocycles. The van der Waals surface area contributed by atoms with E-state index < -0.39 is 0 Å². The molecule has 3 N–H and O–H groups in total. The number of hydrogen-bond acceptors (Lipinski definition) is 2. The summed E-state index contributed by atoms with van der Waals surface area (Å²) in [6.45, 7) is 7.57. The van der Waals surface area contributed by atoms with Crippen LogP contribution in [0.25, 0.3) is 0 Å². The van der Waals surface area contributed by atoms with Gasteiger partial charge in [0.1, 0.15) is 0 Å². The largest absolute Gasteiger partial charge is 0.355 e. The van der Waals surface area contributed by atoms with Gasteiger partial charge >= 0.3 is 0 Å². The van der Waals surface area contributed by atoms with E-state index in [1.807, 2.05) is 20.8 Å². The van der Waals surface area contributed by atoms with Crippen LogP contribution >= 0.6 is 0 Å². The van der Waals surface area contributed by atoms with Crippen LogP contribution in [0, 0.1) is 10.8 Å². The van der Waals surface area contributed by atoms with Gasteiger partial charge in [0.05, 0.1) is 0 Å². The summed E-state index contributed by atoms with van der Waals surface area (Å²) in [6, 6.07) is 0. The van der Waals surface area contributed by atoms with Gasteiger partial charge in [0.15, 0.2) is 0 Å². The van der Waals surface area contributed by atoms with Gasteiger partial charge in [-0.2, -0.15) is 0 Å². The molecule has 0 atom stereocenters. The molecule has 0 saturated heterocycles. The molecule has 0 aromatic heterocycles. The Balaban J connectivity index is 2.34. The third kappa shape index (κ3) is 3.20. The number of rotatable bonds is 6. The summed E-state index contributed by atoms with van der Waals surface area (Å²) < 4.78 is 0. The molecule has 1 fully saturated rings. The molecule has 0 bridgehead atoms. The van der Waals surface area contributed by atoms with E-state index in [0.717, 1.165) is 25.9 Å². The van der Waals surface area contributed by atoms with Crippen molar-refractivity contribution in [3.8, 4) is 0 Å². The van der Waals surface area contributed by atoms with Gasteiger partial charge in [-0.25, -0.2) is 0 Å². The summed E-state index contributed by atoms with van der Waals surface area (Å²) in [5.41, 5.74) is 5.66. The van der Waals surface area contributed by atoms with Crippen LogP contribution in [-0.4, -0.2) is 19.0 Å². The molecule has 0 aliphatic heterocycles. The van der Waals surface area contributed by atoms with Crippen molar-refractivity contribution in [3.63, 3.8) is 0 Å². The first kappa shape index (κ1) is 12.5. The molecule has 1 amide bonds. The predicted octanol–water partition coefficient (Wildman–Crippen LogP) is 1.67. The average Bonchev–Trinajstić information content (AvgIpc) is 2.95. The Kier molecular flexibility index (Phi) is 3.77. The first-order valence-corrected chi connectivity index (χ1v) is 5.94. The van der Waals surface area contributed by atoms with Gasteiger partial charge in [0, 0.05) is 12.0 Å². The first-order chi connectivity index (χ1) is 6.96. The fourth-order valence-corrected chi connectivity index (χ4v) is 1.67. The Labute approximate surface area is 92.8 Å². The molecule has 3 nitrogen and oxygen atoms in total. The van der Waals surface area contributed by atoms with Gasteiger partial charge in [-0.1, -0.05) is 20.8 Å². The zero-order valence-electron chi connectivity index (χ0n) is 10.2. The molecule has 0 spiro atoms. The quantitative estimate of drug-likeness (QED) is 0.703. The van der Waals surface area contributed by atoms with Crippen LogP contribution in [0.5, 0.6) is 0 Å². The van der Waals surface area contributed by atoms with Crippen molar-refractivity contribution in [1.29, 1.82) is 0 Å². The molecule has 1 aliphatic carbocycles. The Bertz CT molecular complexity index is 232. The lowest BCUT2D eigenvalue weighted by atomic mass is 9.89. The van der Waals surface area contributed by atoms with Gasteiger partial charge in [-0.3, -0.25) is 4.79 Å². The molecule has 15 heavy (non-hydrogen) atoms. The highest BCUT2D eigenvalue weighted by Gasteiger charge is 2.42. The van der Waals surface area contributed by atoms with E-state index in [9.17, 15) is 4.79 Å². The minimum Gasteiger partial charge on any atom is -0.355 e. The van der Waals surface area contributed by atoms with Crippen molar-refractivity contribution in [1.82, 2.24) is 5.32 Å². The van der Waals surface area contributed by atoms with Gasteiger partial charge in [0.25, 0.3) is 0 Å². The van der Waals surface area contributed by atoms with Crippen LogP contribution in [0.15, 0.2) is 0 Å².